The van der Waals surface area contributed by atoms with Gasteiger partial charge in [0, 0.05) is 6.07 Å². The molecule has 8 heteroatoms. The molecule has 3 N–H and O–H groups in total. The summed E-state index contributed by atoms with van der Waals surface area (Å²) in [6, 6.07) is 6.46. The number of rotatable bonds is 5. The van der Waals surface area contributed by atoms with Crippen LogP contribution >= 0.6 is 11.6 Å². The Morgan fingerprint density at radius 1 is 1.32 bits per heavy atom. The number of hydrogen-bond acceptors (Lipinski definition) is 5. The molecule has 1 aromatic heterocycles. The fraction of sp³-hybridized carbons (Fsp3) is 0.353. The topological polar surface area (TPSA) is 99.2 Å². The quantitative estimate of drug-likeness (QED) is 0.629. The molecule has 7 nitrogen and oxygen atoms in total. The van der Waals surface area contributed by atoms with Crippen LogP contribution in [0, 0.1) is 0 Å². The highest BCUT2D eigenvalue weighted by molar-refractivity contribution is 6.33. The number of benzene rings is 1. The Morgan fingerprint density at radius 2 is 2.08 bits per heavy atom. The molecule has 0 aliphatic heterocycles. The molecule has 0 unspecified atom stereocenters. The molecule has 0 spiro atoms. The summed E-state index contributed by atoms with van der Waals surface area (Å²) in [4.78, 5) is 24.0. The number of hydrogen-bond donors (Lipinski definition) is 2. The number of ether oxygens (including phenoxy) is 1. The Bertz CT molecular complexity index is 784. The van der Waals surface area contributed by atoms with Gasteiger partial charge in [-0.25, -0.2) is 9.48 Å². The number of amides is 1. The second-order valence-electron chi connectivity index (χ2n) is 5.96. The van der Waals surface area contributed by atoms with Crippen molar-refractivity contribution < 1.29 is 14.3 Å². The third-order valence-corrected chi connectivity index (χ3v) is 4.52. The second kappa shape index (κ2) is 7.57. The summed E-state index contributed by atoms with van der Waals surface area (Å²) in [6.07, 6.45) is 6.09. The summed E-state index contributed by atoms with van der Waals surface area (Å²) < 4.78 is 6.85. The highest BCUT2D eigenvalue weighted by Crippen LogP contribution is 2.31. The molecule has 1 fully saturated rings. The van der Waals surface area contributed by atoms with Gasteiger partial charge >= 0.3 is 5.97 Å². The van der Waals surface area contributed by atoms with Crippen molar-refractivity contribution in [1.29, 1.82) is 0 Å². The summed E-state index contributed by atoms with van der Waals surface area (Å²) in [5, 5.41) is 7.37. The van der Waals surface area contributed by atoms with Gasteiger partial charge in [-0.2, -0.15) is 5.10 Å². The molecule has 0 saturated heterocycles. The van der Waals surface area contributed by atoms with Crippen molar-refractivity contribution in [3.8, 4) is 0 Å². The van der Waals surface area contributed by atoms with E-state index < -0.39 is 18.5 Å². The number of nitrogens with zero attached hydrogens (tertiary/aromatic N) is 2. The molecule has 0 bridgehead atoms. The number of anilines is 2. The zero-order valence-electron chi connectivity index (χ0n) is 13.6. The maximum absolute atomic E-state index is 12.1. The van der Waals surface area contributed by atoms with Crippen LogP contribution in [0.2, 0.25) is 5.02 Å². The first-order chi connectivity index (χ1) is 12.0. The Balaban J connectivity index is 1.55. The van der Waals surface area contributed by atoms with Gasteiger partial charge in [0.2, 0.25) is 0 Å². The lowest BCUT2D eigenvalue weighted by Crippen LogP contribution is -2.23. The molecule has 1 saturated carbocycles. The second-order valence-corrected chi connectivity index (χ2v) is 6.37. The number of nitrogens with one attached hydrogen (secondary N) is 1. The summed E-state index contributed by atoms with van der Waals surface area (Å²) >= 11 is 5.81. The molecule has 1 aliphatic rings. The van der Waals surface area contributed by atoms with Crippen molar-refractivity contribution in [3.05, 3.63) is 41.0 Å². The molecule has 25 heavy (non-hydrogen) atoms. The Hall–Kier alpha value is -2.54. The zero-order chi connectivity index (χ0) is 17.8. The van der Waals surface area contributed by atoms with Crippen LogP contribution in [0.3, 0.4) is 0 Å². The first-order valence-corrected chi connectivity index (χ1v) is 8.48. The smallest absolute Gasteiger partial charge is 0.338 e. The van der Waals surface area contributed by atoms with Crippen LogP contribution in [0.4, 0.5) is 11.5 Å². The maximum Gasteiger partial charge on any atom is 0.338 e. The molecule has 1 aromatic carbocycles. The van der Waals surface area contributed by atoms with Crippen molar-refractivity contribution in [3.63, 3.8) is 0 Å². The lowest BCUT2D eigenvalue weighted by molar-refractivity contribution is -0.119. The summed E-state index contributed by atoms with van der Waals surface area (Å²) in [7, 11) is 0. The first-order valence-electron chi connectivity index (χ1n) is 8.10. The number of carbonyl (C=O) groups excluding carboxylic acids is 2. The molecule has 132 valence electrons. The van der Waals surface area contributed by atoms with Gasteiger partial charge < -0.3 is 15.8 Å². The number of nitrogen functional groups attached to an aromatic ring is 1. The largest absolute Gasteiger partial charge is 0.452 e. The van der Waals surface area contributed by atoms with E-state index in [0.29, 0.717) is 16.9 Å². The lowest BCUT2D eigenvalue weighted by atomic mass is 10.2. The number of halogens is 1. The number of nitrogens with two attached hydrogens (primary N) is 1. The van der Waals surface area contributed by atoms with Crippen molar-refractivity contribution in [2.24, 2.45) is 0 Å². The first kappa shape index (κ1) is 17.3. The minimum atomic E-state index is -0.636. The van der Waals surface area contributed by atoms with E-state index in [4.69, 9.17) is 22.1 Å². The molecule has 1 aliphatic carbocycles. The minimum absolute atomic E-state index is 0.241. The monoisotopic (exact) mass is 362 g/mol. The van der Waals surface area contributed by atoms with Crippen LogP contribution in [0.1, 0.15) is 42.1 Å². The van der Waals surface area contributed by atoms with Crippen LogP contribution in [0.15, 0.2) is 30.5 Å². The average Bonchev–Trinajstić information content (AvgIpc) is 3.26. The predicted octanol–water partition coefficient (Wildman–Crippen LogP) is 3.03. The van der Waals surface area contributed by atoms with Crippen molar-refractivity contribution in [1.82, 2.24) is 9.78 Å². The van der Waals surface area contributed by atoms with E-state index in [1.54, 1.807) is 12.3 Å². The van der Waals surface area contributed by atoms with E-state index in [0.717, 1.165) is 12.8 Å². The summed E-state index contributed by atoms with van der Waals surface area (Å²) in [5.41, 5.74) is 6.17. The predicted molar refractivity (Wildman–Crippen MR) is 94.5 cm³/mol. The summed E-state index contributed by atoms with van der Waals surface area (Å²) in [5.74, 6) is -0.443. The molecular weight excluding hydrogens is 344 g/mol. The van der Waals surface area contributed by atoms with E-state index in [1.165, 1.54) is 31.0 Å². The van der Waals surface area contributed by atoms with Gasteiger partial charge in [-0.05, 0) is 31.0 Å². The standard InChI is InChI=1S/C17H19ClN4O3/c18-13-6-5-11(9-14(13)19)17(24)25-10-16(23)21-15-7-8-20-22(15)12-3-1-2-4-12/h5-9,12H,1-4,10,19H2,(H,21,23). The molecule has 2 aromatic rings. The van der Waals surface area contributed by atoms with Crippen LogP contribution < -0.4 is 11.1 Å². The van der Waals surface area contributed by atoms with E-state index in [-0.39, 0.29) is 11.3 Å². The minimum Gasteiger partial charge on any atom is -0.452 e. The molecule has 0 atom stereocenters. The molecule has 3 rings (SSSR count). The Labute approximate surface area is 150 Å². The maximum atomic E-state index is 12.1. The Kier molecular flexibility index (Phi) is 5.23. The zero-order valence-corrected chi connectivity index (χ0v) is 14.3. The third-order valence-electron chi connectivity index (χ3n) is 4.17. The fourth-order valence-corrected chi connectivity index (χ4v) is 3.03. The fourth-order valence-electron chi connectivity index (χ4n) is 2.92. The van der Waals surface area contributed by atoms with Crippen LogP contribution in [-0.4, -0.2) is 28.3 Å². The van der Waals surface area contributed by atoms with Crippen molar-refractivity contribution >= 4 is 35.0 Å². The van der Waals surface area contributed by atoms with Gasteiger partial charge in [0.1, 0.15) is 5.82 Å². The SMILES string of the molecule is Nc1cc(C(=O)OCC(=O)Nc2ccnn2C2CCCC2)ccc1Cl. The normalized spacial score (nSPS) is 14.4. The number of esters is 1. The third kappa shape index (κ3) is 4.11. The van der Waals surface area contributed by atoms with Crippen molar-refractivity contribution in [2.45, 2.75) is 31.7 Å². The van der Waals surface area contributed by atoms with E-state index in [2.05, 4.69) is 10.4 Å². The Morgan fingerprint density at radius 3 is 2.80 bits per heavy atom. The van der Waals surface area contributed by atoms with E-state index in [9.17, 15) is 9.59 Å². The molecular formula is C17H19ClN4O3. The van der Waals surface area contributed by atoms with Crippen molar-refractivity contribution in [2.75, 3.05) is 17.7 Å². The molecule has 1 heterocycles. The van der Waals surface area contributed by atoms with Gasteiger partial charge in [-0.15, -0.1) is 0 Å². The van der Waals surface area contributed by atoms with Gasteiger partial charge in [0.25, 0.3) is 5.91 Å². The van der Waals surface area contributed by atoms with E-state index >= 15 is 0 Å². The van der Waals surface area contributed by atoms with Gasteiger partial charge in [-0.3, -0.25) is 4.79 Å². The molecule has 0 radical (unpaired) electrons. The van der Waals surface area contributed by atoms with Gasteiger partial charge in [0.15, 0.2) is 6.61 Å². The van der Waals surface area contributed by atoms with Crippen LogP contribution in [-0.2, 0) is 9.53 Å². The van der Waals surface area contributed by atoms with Crippen LogP contribution in [0.5, 0.6) is 0 Å². The van der Waals surface area contributed by atoms with E-state index in [1.807, 2.05) is 4.68 Å². The lowest BCUT2D eigenvalue weighted by Gasteiger charge is -2.14. The highest BCUT2D eigenvalue weighted by atomic mass is 35.5. The van der Waals surface area contributed by atoms with Gasteiger partial charge in [0.05, 0.1) is 28.5 Å². The highest BCUT2D eigenvalue weighted by Gasteiger charge is 2.21. The van der Waals surface area contributed by atoms with Gasteiger partial charge in [-0.1, -0.05) is 24.4 Å². The number of aromatic nitrogens is 2. The number of carbonyl (C=O) groups is 2. The van der Waals surface area contributed by atoms with Crippen LogP contribution in [0.25, 0.3) is 0 Å². The molecule has 1 amide bonds. The average molecular weight is 363 g/mol. The summed E-state index contributed by atoms with van der Waals surface area (Å²) in [6.45, 7) is -0.392.